The van der Waals surface area contributed by atoms with Gasteiger partial charge in [0.15, 0.2) is 0 Å². The maximum atomic E-state index is 11.3. The lowest BCUT2D eigenvalue weighted by Crippen LogP contribution is -1.97. The van der Waals surface area contributed by atoms with Crippen molar-refractivity contribution in [2.24, 2.45) is 0 Å². The fourth-order valence-corrected chi connectivity index (χ4v) is 2.32. The zero-order valence-electron chi connectivity index (χ0n) is 10.4. The van der Waals surface area contributed by atoms with E-state index >= 15 is 0 Å². The molecule has 0 unspecified atom stereocenters. The summed E-state index contributed by atoms with van der Waals surface area (Å²) in [5, 5.41) is 33.5. The molecule has 0 N–H and O–H groups in total. The van der Waals surface area contributed by atoms with Crippen LogP contribution in [0.1, 0.15) is 16.3 Å². The van der Waals surface area contributed by atoms with Crippen molar-refractivity contribution in [3.8, 4) is 11.8 Å². The van der Waals surface area contributed by atoms with Crippen LogP contribution >= 0.6 is 11.3 Å². The average Bonchev–Trinajstić information content (AvgIpc) is 2.84. The molecule has 1 aromatic heterocycles. The number of hydrogen-bond donors (Lipinski definition) is 0. The number of thiazole rings is 1. The molecule has 0 atom stereocenters. The van der Waals surface area contributed by atoms with E-state index in [0.717, 1.165) is 17.8 Å². The Bertz CT molecular complexity index is 744. The van der Waals surface area contributed by atoms with Gasteiger partial charge in [-0.2, -0.15) is 5.26 Å². The monoisotopic (exact) mass is 286 g/mol. The molecular weight excluding hydrogens is 278 g/mol. The molecule has 0 aliphatic carbocycles. The van der Waals surface area contributed by atoms with Crippen molar-refractivity contribution in [1.29, 1.82) is 5.26 Å². The van der Waals surface area contributed by atoms with E-state index in [0.29, 0.717) is 16.1 Å². The molecule has 6 nitrogen and oxygen atoms in total. The molecule has 0 radical (unpaired) electrons. The van der Waals surface area contributed by atoms with Crippen molar-refractivity contribution < 1.29 is 10.0 Å². The summed E-state index contributed by atoms with van der Waals surface area (Å²) in [6, 6.07) is 5.71. The van der Waals surface area contributed by atoms with Gasteiger partial charge in [-0.05, 0) is 24.3 Å². The van der Waals surface area contributed by atoms with Crippen molar-refractivity contribution in [1.82, 2.24) is 4.98 Å². The predicted molar refractivity (Wildman–Crippen MR) is 72.9 cm³/mol. The van der Waals surface area contributed by atoms with Gasteiger partial charge < -0.3 is 5.11 Å². The van der Waals surface area contributed by atoms with Crippen LogP contribution in [0.2, 0.25) is 0 Å². The Hall–Kier alpha value is -2.72. The molecule has 0 aliphatic heterocycles. The summed E-state index contributed by atoms with van der Waals surface area (Å²) < 4.78 is 0. The lowest BCUT2D eigenvalue weighted by Gasteiger charge is -2.06. The minimum atomic E-state index is -0.737. The summed E-state index contributed by atoms with van der Waals surface area (Å²) in [4.78, 5) is 14.2. The van der Waals surface area contributed by atoms with Gasteiger partial charge in [0.05, 0.1) is 10.5 Å². The number of aryl methyl sites for hydroxylation is 1. The van der Waals surface area contributed by atoms with Gasteiger partial charge in [0.1, 0.15) is 11.1 Å². The van der Waals surface area contributed by atoms with Gasteiger partial charge in [-0.1, -0.05) is 12.1 Å². The van der Waals surface area contributed by atoms with Gasteiger partial charge in [-0.25, -0.2) is 4.98 Å². The van der Waals surface area contributed by atoms with E-state index < -0.39 is 16.4 Å². The minimum Gasteiger partial charge on any atom is -0.868 e. The van der Waals surface area contributed by atoms with Gasteiger partial charge in [0.2, 0.25) is 0 Å². The summed E-state index contributed by atoms with van der Waals surface area (Å²) in [5.74, 6) is -0.657. The predicted octanol–water partition coefficient (Wildman–Crippen LogP) is 2.50. The number of aromatic nitrogens is 1. The Labute approximate surface area is 118 Å². The highest BCUT2D eigenvalue weighted by molar-refractivity contribution is 7.11. The Kier molecular flexibility index (Phi) is 3.77. The van der Waals surface area contributed by atoms with E-state index in [-0.39, 0.29) is 0 Å². The first-order chi connectivity index (χ1) is 9.51. The lowest BCUT2D eigenvalue weighted by molar-refractivity contribution is -0.398. The normalized spacial score (nSPS) is 11.1. The summed E-state index contributed by atoms with van der Waals surface area (Å²) in [5.41, 5.74) is 1.01. The summed E-state index contributed by atoms with van der Waals surface area (Å²) >= 11 is 1.32. The van der Waals surface area contributed by atoms with Crippen LogP contribution in [-0.4, -0.2) is 9.91 Å². The van der Waals surface area contributed by atoms with Gasteiger partial charge in [-0.15, -0.1) is 11.3 Å². The maximum absolute atomic E-state index is 11.3. The number of hydrogen-bond acceptors (Lipinski definition) is 6. The highest BCUT2D eigenvalue weighted by Crippen LogP contribution is 2.27. The van der Waals surface area contributed by atoms with Gasteiger partial charge in [-0.3, -0.25) is 10.1 Å². The molecule has 7 heteroatoms. The molecule has 0 amide bonds. The summed E-state index contributed by atoms with van der Waals surface area (Å²) in [6.45, 7) is 1.81. The Morgan fingerprint density at radius 2 is 2.30 bits per heavy atom. The van der Waals surface area contributed by atoms with Crippen LogP contribution in [0.4, 0.5) is 5.69 Å². The first-order valence-electron chi connectivity index (χ1n) is 5.51. The SMILES string of the molecule is Cc1csc(/C(C#N)=C/c2ccc([O-])c([N+](=O)[O-])c2)n1. The second-order valence-electron chi connectivity index (χ2n) is 3.95. The zero-order chi connectivity index (χ0) is 14.7. The van der Waals surface area contributed by atoms with E-state index in [1.165, 1.54) is 23.5 Å². The van der Waals surface area contributed by atoms with Gasteiger partial charge in [0, 0.05) is 17.1 Å². The largest absolute Gasteiger partial charge is 0.868 e. The third-order valence-electron chi connectivity index (χ3n) is 2.46. The Balaban J connectivity index is 2.46. The summed E-state index contributed by atoms with van der Waals surface area (Å²) in [6.07, 6.45) is 1.48. The molecule has 100 valence electrons. The fraction of sp³-hybridized carbons (Fsp3) is 0.0769. The van der Waals surface area contributed by atoms with E-state index in [1.54, 1.807) is 0 Å². The molecule has 0 saturated carbocycles. The first-order valence-corrected chi connectivity index (χ1v) is 6.39. The number of allylic oxidation sites excluding steroid dienone is 1. The van der Waals surface area contributed by atoms with Crippen molar-refractivity contribution >= 4 is 28.7 Å². The number of benzene rings is 1. The van der Waals surface area contributed by atoms with Crippen molar-refractivity contribution in [3.63, 3.8) is 0 Å². The van der Waals surface area contributed by atoms with Crippen molar-refractivity contribution in [2.75, 3.05) is 0 Å². The highest BCUT2D eigenvalue weighted by Gasteiger charge is 2.09. The van der Waals surface area contributed by atoms with E-state index in [2.05, 4.69) is 4.98 Å². The number of nitro benzene ring substituents is 1. The Morgan fingerprint density at radius 3 is 2.85 bits per heavy atom. The number of rotatable bonds is 3. The van der Waals surface area contributed by atoms with E-state index in [1.807, 2.05) is 18.4 Å². The minimum absolute atomic E-state index is 0.302. The molecule has 0 bridgehead atoms. The molecular formula is C13H8N3O3S-. The molecule has 0 fully saturated rings. The summed E-state index contributed by atoms with van der Waals surface area (Å²) in [7, 11) is 0. The molecule has 2 rings (SSSR count). The quantitative estimate of drug-likeness (QED) is 0.490. The highest BCUT2D eigenvalue weighted by atomic mass is 32.1. The maximum Gasteiger partial charge on any atom is 0.262 e. The van der Waals surface area contributed by atoms with Crippen LogP contribution in [0.3, 0.4) is 0 Å². The second-order valence-corrected chi connectivity index (χ2v) is 4.81. The van der Waals surface area contributed by atoms with Crippen LogP contribution in [0.5, 0.6) is 5.75 Å². The molecule has 0 spiro atoms. The lowest BCUT2D eigenvalue weighted by atomic mass is 10.1. The molecule has 0 aliphatic rings. The van der Waals surface area contributed by atoms with Crippen LogP contribution in [-0.2, 0) is 0 Å². The fourth-order valence-electron chi connectivity index (χ4n) is 1.55. The standard InChI is InChI=1S/C13H9N3O3S/c1-8-7-20-13(15-8)10(6-14)4-9-2-3-12(17)11(5-9)16(18)19/h2-5,7,17H,1H3/p-1/b10-4+. The van der Waals surface area contributed by atoms with Crippen LogP contribution in [0.15, 0.2) is 23.6 Å². The smallest absolute Gasteiger partial charge is 0.262 e. The average molecular weight is 286 g/mol. The molecule has 1 heterocycles. The topological polar surface area (TPSA) is 103 Å². The first kappa shape index (κ1) is 13.7. The van der Waals surface area contributed by atoms with E-state index in [4.69, 9.17) is 5.26 Å². The third-order valence-corrected chi connectivity index (χ3v) is 3.45. The van der Waals surface area contributed by atoms with Gasteiger partial charge in [0.25, 0.3) is 5.69 Å². The molecule has 0 saturated heterocycles. The number of nitriles is 1. The zero-order valence-corrected chi connectivity index (χ0v) is 11.2. The number of nitro groups is 1. The molecule has 20 heavy (non-hydrogen) atoms. The second kappa shape index (κ2) is 5.50. The van der Waals surface area contributed by atoms with Crippen LogP contribution in [0, 0.1) is 28.4 Å². The number of nitrogens with zero attached hydrogens (tertiary/aromatic N) is 3. The Morgan fingerprint density at radius 1 is 1.55 bits per heavy atom. The van der Waals surface area contributed by atoms with Crippen LogP contribution in [0.25, 0.3) is 11.6 Å². The molecule has 2 aromatic rings. The van der Waals surface area contributed by atoms with Gasteiger partial charge >= 0.3 is 0 Å². The van der Waals surface area contributed by atoms with E-state index in [9.17, 15) is 15.2 Å². The van der Waals surface area contributed by atoms with Crippen LogP contribution < -0.4 is 5.11 Å². The van der Waals surface area contributed by atoms with Crippen molar-refractivity contribution in [2.45, 2.75) is 6.92 Å². The molecule has 1 aromatic carbocycles. The third kappa shape index (κ3) is 2.81. The van der Waals surface area contributed by atoms with Crippen molar-refractivity contribution in [3.05, 3.63) is 50.0 Å².